The van der Waals surface area contributed by atoms with Crippen molar-refractivity contribution in [2.75, 3.05) is 7.11 Å². The van der Waals surface area contributed by atoms with E-state index in [1.165, 1.54) is 25.7 Å². The summed E-state index contributed by atoms with van der Waals surface area (Å²) in [4.78, 5) is 24.8. The molecule has 4 aliphatic carbocycles. The first kappa shape index (κ1) is 21.3. The Kier molecular flexibility index (Phi) is 5.63. The second-order valence-electron chi connectivity index (χ2n) is 11.3. The normalized spacial score (nSPS) is 47.8. The van der Waals surface area contributed by atoms with E-state index >= 15 is 0 Å². The SMILES string of the molecule is CO[C@H]1CC[C@@]2(C)[C@@H](CC[C@H]3[C@H]2CC(=O)[C@]2(C)[C@@H]3CC[C@@H]2[C@H](C)CCC(=O)O)C1. The molecule has 0 aromatic heterocycles. The summed E-state index contributed by atoms with van der Waals surface area (Å²) in [5.41, 5.74) is 0.0635. The quantitative estimate of drug-likeness (QED) is 0.672. The molecule has 9 atom stereocenters. The zero-order chi connectivity index (χ0) is 21.0. The van der Waals surface area contributed by atoms with Gasteiger partial charge in [0.2, 0.25) is 0 Å². The van der Waals surface area contributed by atoms with Crippen molar-refractivity contribution < 1.29 is 19.4 Å². The van der Waals surface area contributed by atoms with Crippen LogP contribution in [0.2, 0.25) is 0 Å². The third-order valence-electron chi connectivity index (χ3n) is 10.4. The Labute approximate surface area is 176 Å². The van der Waals surface area contributed by atoms with Gasteiger partial charge >= 0.3 is 5.97 Å². The third-order valence-corrected chi connectivity index (χ3v) is 10.4. The molecule has 164 valence electrons. The third kappa shape index (κ3) is 3.28. The molecular formula is C25H40O4. The summed E-state index contributed by atoms with van der Waals surface area (Å²) in [6, 6.07) is 0. The largest absolute Gasteiger partial charge is 0.481 e. The Balaban J connectivity index is 1.56. The molecule has 0 heterocycles. The maximum atomic E-state index is 13.7. The second-order valence-corrected chi connectivity index (χ2v) is 11.3. The minimum atomic E-state index is -0.718. The van der Waals surface area contributed by atoms with Crippen molar-refractivity contribution in [2.45, 2.75) is 91.1 Å². The summed E-state index contributed by atoms with van der Waals surface area (Å²) in [5, 5.41) is 9.11. The van der Waals surface area contributed by atoms with Gasteiger partial charge in [-0.05, 0) is 92.3 Å². The van der Waals surface area contributed by atoms with Crippen molar-refractivity contribution in [1.29, 1.82) is 0 Å². The average Bonchev–Trinajstić information content (AvgIpc) is 3.05. The zero-order valence-electron chi connectivity index (χ0n) is 18.8. The van der Waals surface area contributed by atoms with Crippen LogP contribution in [0.4, 0.5) is 0 Å². The van der Waals surface area contributed by atoms with E-state index in [0.717, 1.165) is 25.7 Å². The van der Waals surface area contributed by atoms with Gasteiger partial charge in [-0.2, -0.15) is 0 Å². The summed E-state index contributed by atoms with van der Waals surface area (Å²) < 4.78 is 5.70. The van der Waals surface area contributed by atoms with Crippen molar-refractivity contribution in [3.63, 3.8) is 0 Å². The molecule has 0 aromatic rings. The van der Waals surface area contributed by atoms with Crippen LogP contribution in [0.3, 0.4) is 0 Å². The highest BCUT2D eigenvalue weighted by Gasteiger charge is 2.63. The van der Waals surface area contributed by atoms with E-state index in [0.29, 0.717) is 59.2 Å². The Morgan fingerprint density at radius 1 is 1.17 bits per heavy atom. The smallest absolute Gasteiger partial charge is 0.303 e. The number of carbonyl (C=O) groups excluding carboxylic acids is 1. The summed E-state index contributed by atoms with van der Waals surface area (Å²) in [6.07, 6.45) is 10.4. The highest BCUT2D eigenvalue weighted by molar-refractivity contribution is 5.87. The van der Waals surface area contributed by atoms with Crippen LogP contribution in [-0.2, 0) is 14.3 Å². The molecule has 4 saturated carbocycles. The van der Waals surface area contributed by atoms with E-state index < -0.39 is 5.97 Å². The van der Waals surface area contributed by atoms with Gasteiger partial charge in [0.05, 0.1) is 6.10 Å². The van der Waals surface area contributed by atoms with E-state index in [9.17, 15) is 9.59 Å². The standard InChI is InChI=1S/C25H40O4/c1-15(5-10-23(27)28)19-8-9-20-18-7-6-16-13-17(29-4)11-12-24(16,2)21(18)14-22(26)25(19,20)3/h15-21H,5-14H2,1-4H3,(H,27,28)/t15-,16+,17+,18-,19-,20-,21-,24+,25+/m1/s1. The van der Waals surface area contributed by atoms with Gasteiger partial charge in [0.1, 0.15) is 5.78 Å². The molecule has 4 fully saturated rings. The molecule has 4 rings (SSSR count). The molecule has 0 radical (unpaired) electrons. The number of carbonyl (C=O) groups is 2. The molecular weight excluding hydrogens is 364 g/mol. The molecule has 4 nitrogen and oxygen atoms in total. The first-order valence-electron chi connectivity index (χ1n) is 12.0. The summed E-state index contributed by atoms with van der Waals surface area (Å²) in [5.74, 6) is 2.86. The molecule has 0 saturated heterocycles. The molecule has 1 N–H and O–H groups in total. The van der Waals surface area contributed by atoms with Crippen LogP contribution in [0.5, 0.6) is 0 Å². The number of hydrogen-bond acceptors (Lipinski definition) is 3. The fraction of sp³-hybridized carbons (Fsp3) is 0.920. The molecule has 29 heavy (non-hydrogen) atoms. The number of methoxy groups -OCH3 is 1. The number of ketones is 1. The van der Waals surface area contributed by atoms with Gasteiger partial charge in [-0.25, -0.2) is 0 Å². The maximum Gasteiger partial charge on any atom is 0.303 e. The van der Waals surface area contributed by atoms with Crippen LogP contribution in [-0.4, -0.2) is 30.1 Å². The van der Waals surface area contributed by atoms with Crippen LogP contribution in [0.1, 0.15) is 85.0 Å². The molecule has 0 amide bonds. The fourth-order valence-electron chi connectivity index (χ4n) is 8.63. The van der Waals surface area contributed by atoms with Crippen LogP contribution in [0, 0.1) is 46.3 Å². The Morgan fingerprint density at radius 3 is 2.62 bits per heavy atom. The van der Waals surface area contributed by atoms with Crippen LogP contribution >= 0.6 is 0 Å². The number of Topliss-reactive ketones (excluding diaryl/α,β-unsaturated/α-hetero) is 1. The van der Waals surface area contributed by atoms with E-state index in [4.69, 9.17) is 9.84 Å². The summed E-state index contributed by atoms with van der Waals surface area (Å²) in [7, 11) is 1.85. The van der Waals surface area contributed by atoms with E-state index in [1.807, 2.05) is 7.11 Å². The topological polar surface area (TPSA) is 63.6 Å². The van der Waals surface area contributed by atoms with Crippen LogP contribution in [0.25, 0.3) is 0 Å². The van der Waals surface area contributed by atoms with E-state index in [2.05, 4.69) is 20.8 Å². The van der Waals surface area contributed by atoms with E-state index in [-0.39, 0.29) is 11.8 Å². The predicted octanol–water partition coefficient (Wildman–Crippen LogP) is 5.34. The molecule has 0 unspecified atom stereocenters. The van der Waals surface area contributed by atoms with Crippen LogP contribution in [0.15, 0.2) is 0 Å². The minimum absolute atomic E-state index is 0.221. The highest BCUT2D eigenvalue weighted by atomic mass is 16.5. The Hall–Kier alpha value is -0.900. The number of fused-ring (bicyclic) bond motifs is 5. The summed E-state index contributed by atoms with van der Waals surface area (Å²) >= 11 is 0. The summed E-state index contributed by atoms with van der Waals surface area (Å²) in [6.45, 7) is 6.92. The van der Waals surface area contributed by atoms with Gasteiger partial charge < -0.3 is 9.84 Å². The molecule has 0 aromatic carbocycles. The van der Waals surface area contributed by atoms with Gasteiger partial charge in [-0.1, -0.05) is 20.8 Å². The van der Waals surface area contributed by atoms with Crippen LogP contribution < -0.4 is 0 Å². The lowest BCUT2D eigenvalue weighted by molar-refractivity contribution is -0.161. The number of aliphatic carboxylic acids is 1. The first-order valence-corrected chi connectivity index (χ1v) is 12.0. The number of rotatable bonds is 5. The minimum Gasteiger partial charge on any atom is -0.481 e. The number of carboxylic acids is 1. The molecule has 4 aliphatic rings. The molecule has 0 aliphatic heterocycles. The first-order chi connectivity index (χ1) is 13.7. The van der Waals surface area contributed by atoms with Crippen molar-refractivity contribution in [1.82, 2.24) is 0 Å². The molecule has 4 heteroatoms. The Bertz CT molecular complexity index is 659. The van der Waals surface area contributed by atoms with Gasteiger partial charge in [-0.3, -0.25) is 9.59 Å². The van der Waals surface area contributed by atoms with Gasteiger partial charge in [0, 0.05) is 25.4 Å². The fourth-order valence-corrected chi connectivity index (χ4v) is 8.63. The number of ether oxygens (including phenoxy) is 1. The number of carboxylic acid groups (broad SMARTS) is 1. The Morgan fingerprint density at radius 2 is 1.93 bits per heavy atom. The zero-order valence-corrected chi connectivity index (χ0v) is 18.8. The van der Waals surface area contributed by atoms with Gasteiger partial charge in [0.15, 0.2) is 0 Å². The predicted molar refractivity (Wildman–Crippen MR) is 112 cm³/mol. The monoisotopic (exact) mass is 404 g/mol. The molecule has 0 spiro atoms. The molecule has 0 bridgehead atoms. The maximum absolute atomic E-state index is 13.7. The lowest BCUT2D eigenvalue weighted by Crippen LogP contribution is -2.57. The second kappa shape index (κ2) is 7.66. The lowest BCUT2D eigenvalue weighted by Gasteiger charge is -2.60. The van der Waals surface area contributed by atoms with Crippen molar-refractivity contribution >= 4 is 11.8 Å². The highest BCUT2D eigenvalue weighted by Crippen LogP contribution is 2.67. The van der Waals surface area contributed by atoms with Crippen molar-refractivity contribution in [2.24, 2.45) is 46.3 Å². The number of hydrogen-bond donors (Lipinski definition) is 1. The lowest BCUT2D eigenvalue weighted by atomic mass is 9.44. The van der Waals surface area contributed by atoms with Crippen molar-refractivity contribution in [3.8, 4) is 0 Å². The van der Waals surface area contributed by atoms with Gasteiger partial charge in [0.25, 0.3) is 0 Å². The van der Waals surface area contributed by atoms with Gasteiger partial charge in [-0.15, -0.1) is 0 Å². The average molecular weight is 405 g/mol. The van der Waals surface area contributed by atoms with Crippen molar-refractivity contribution in [3.05, 3.63) is 0 Å². The van der Waals surface area contributed by atoms with E-state index in [1.54, 1.807) is 0 Å².